The Morgan fingerprint density at radius 1 is 1.20 bits per heavy atom. The summed E-state index contributed by atoms with van der Waals surface area (Å²) >= 11 is 6.24. The van der Waals surface area contributed by atoms with Gasteiger partial charge in [0.05, 0.1) is 10.7 Å². The molecule has 0 unspecified atom stereocenters. The van der Waals surface area contributed by atoms with Crippen molar-refractivity contribution in [3.05, 3.63) is 46.4 Å². The van der Waals surface area contributed by atoms with Gasteiger partial charge in [-0.25, -0.2) is 9.97 Å². The molecule has 0 aliphatic rings. The van der Waals surface area contributed by atoms with Gasteiger partial charge in [0.2, 0.25) is 0 Å². The Labute approximate surface area is 153 Å². The zero-order valence-electron chi connectivity index (χ0n) is 15.1. The first-order chi connectivity index (χ1) is 11.9. The van der Waals surface area contributed by atoms with E-state index in [0.29, 0.717) is 22.2 Å². The summed E-state index contributed by atoms with van der Waals surface area (Å²) < 4.78 is 0. The van der Waals surface area contributed by atoms with Crippen molar-refractivity contribution in [2.75, 3.05) is 37.8 Å². The second kappa shape index (κ2) is 8.78. The molecule has 0 bridgehead atoms. The van der Waals surface area contributed by atoms with Crippen molar-refractivity contribution in [1.82, 2.24) is 14.9 Å². The van der Waals surface area contributed by atoms with Gasteiger partial charge in [-0.1, -0.05) is 17.7 Å². The molecule has 1 aromatic carbocycles. The van der Waals surface area contributed by atoms with Crippen LogP contribution in [0, 0.1) is 13.8 Å². The predicted octanol–water partition coefficient (Wildman–Crippen LogP) is 3.36. The average Bonchev–Trinajstić information content (AvgIpc) is 2.55. The standard InChI is InChI=1S/C18H24ClN5O/c1-12-8-13(2)17(14(19)9-12)23-18(25)15-10-16(22-11-21-15)20-6-5-7-24(3)4/h8-11H,5-7H2,1-4H3,(H,23,25)(H,20,21,22). The maximum absolute atomic E-state index is 12.5. The Hall–Kier alpha value is -2.18. The molecule has 0 saturated heterocycles. The smallest absolute Gasteiger partial charge is 0.274 e. The van der Waals surface area contributed by atoms with Crippen molar-refractivity contribution in [2.45, 2.75) is 20.3 Å². The lowest BCUT2D eigenvalue weighted by Crippen LogP contribution is -2.18. The van der Waals surface area contributed by atoms with Crippen molar-refractivity contribution in [2.24, 2.45) is 0 Å². The maximum Gasteiger partial charge on any atom is 0.274 e. The van der Waals surface area contributed by atoms with Gasteiger partial charge in [-0.3, -0.25) is 4.79 Å². The van der Waals surface area contributed by atoms with Gasteiger partial charge in [-0.2, -0.15) is 0 Å². The van der Waals surface area contributed by atoms with Gasteiger partial charge in [0.25, 0.3) is 5.91 Å². The van der Waals surface area contributed by atoms with Crippen LogP contribution in [0.5, 0.6) is 0 Å². The molecule has 25 heavy (non-hydrogen) atoms. The van der Waals surface area contributed by atoms with Crippen LogP contribution in [0.2, 0.25) is 5.02 Å². The number of rotatable bonds is 7. The minimum Gasteiger partial charge on any atom is -0.370 e. The number of aryl methyl sites for hydroxylation is 2. The Morgan fingerprint density at radius 3 is 2.64 bits per heavy atom. The number of carbonyl (C=O) groups excluding carboxylic acids is 1. The number of hydrogen-bond donors (Lipinski definition) is 2. The van der Waals surface area contributed by atoms with E-state index in [1.165, 1.54) is 6.33 Å². The van der Waals surface area contributed by atoms with E-state index in [2.05, 4.69) is 25.5 Å². The van der Waals surface area contributed by atoms with Gasteiger partial charge in [0, 0.05) is 12.6 Å². The number of benzene rings is 1. The summed E-state index contributed by atoms with van der Waals surface area (Å²) in [6.45, 7) is 5.63. The van der Waals surface area contributed by atoms with Crippen LogP contribution in [-0.2, 0) is 0 Å². The van der Waals surface area contributed by atoms with E-state index in [1.54, 1.807) is 6.07 Å². The minimum absolute atomic E-state index is 0.293. The lowest BCUT2D eigenvalue weighted by Gasteiger charge is -2.12. The molecule has 0 saturated carbocycles. The molecule has 0 spiro atoms. The Bertz CT molecular complexity index is 725. The molecule has 0 atom stereocenters. The van der Waals surface area contributed by atoms with Crippen molar-refractivity contribution >= 4 is 29.0 Å². The molecular formula is C18H24ClN5O. The van der Waals surface area contributed by atoms with Crippen molar-refractivity contribution in [3.63, 3.8) is 0 Å². The normalized spacial score (nSPS) is 10.8. The van der Waals surface area contributed by atoms with E-state index >= 15 is 0 Å². The van der Waals surface area contributed by atoms with Crippen LogP contribution < -0.4 is 10.6 Å². The fraction of sp³-hybridized carbons (Fsp3) is 0.389. The van der Waals surface area contributed by atoms with Crippen LogP contribution in [0.15, 0.2) is 24.5 Å². The number of nitrogens with one attached hydrogen (secondary N) is 2. The summed E-state index contributed by atoms with van der Waals surface area (Å²) in [5.41, 5.74) is 2.86. The summed E-state index contributed by atoms with van der Waals surface area (Å²) in [6, 6.07) is 5.43. The molecular weight excluding hydrogens is 338 g/mol. The highest BCUT2D eigenvalue weighted by molar-refractivity contribution is 6.34. The molecule has 0 aliphatic heterocycles. The Balaban J connectivity index is 2.04. The van der Waals surface area contributed by atoms with Gasteiger partial charge in [-0.15, -0.1) is 0 Å². The van der Waals surface area contributed by atoms with E-state index < -0.39 is 0 Å². The third-order valence-electron chi connectivity index (χ3n) is 3.66. The van der Waals surface area contributed by atoms with Crippen LogP contribution in [0.4, 0.5) is 11.5 Å². The number of carbonyl (C=O) groups is 1. The Morgan fingerprint density at radius 2 is 1.96 bits per heavy atom. The molecule has 1 amide bonds. The zero-order chi connectivity index (χ0) is 18.4. The first-order valence-corrected chi connectivity index (χ1v) is 8.53. The molecule has 6 nitrogen and oxygen atoms in total. The fourth-order valence-corrected chi connectivity index (χ4v) is 2.81. The van der Waals surface area contributed by atoms with Crippen molar-refractivity contribution in [3.8, 4) is 0 Å². The SMILES string of the molecule is Cc1cc(C)c(NC(=O)c2cc(NCCCN(C)C)ncn2)c(Cl)c1. The van der Waals surface area contributed by atoms with Gasteiger partial charge in [-0.05, 0) is 58.1 Å². The molecule has 2 aromatic rings. The van der Waals surface area contributed by atoms with E-state index in [-0.39, 0.29) is 5.91 Å². The number of aromatic nitrogens is 2. The highest BCUT2D eigenvalue weighted by atomic mass is 35.5. The number of hydrogen-bond acceptors (Lipinski definition) is 5. The van der Waals surface area contributed by atoms with Gasteiger partial charge in [0.15, 0.2) is 0 Å². The molecule has 1 aromatic heterocycles. The molecule has 1 heterocycles. The first kappa shape index (κ1) is 19.1. The fourth-order valence-electron chi connectivity index (χ4n) is 2.44. The van der Waals surface area contributed by atoms with Crippen LogP contribution in [0.25, 0.3) is 0 Å². The molecule has 7 heteroatoms. The van der Waals surface area contributed by atoms with Gasteiger partial charge < -0.3 is 15.5 Å². The quantitative estimate of drug-likeness (QED) is 0.740. The summed E-state index contributed by atoms with van der Waals surface area (Å²) in [5, 5.41) is 6.56. The number of nitrogens with zero attached hydrogens (tertiary/aromatic N) is 3. The lowest BCUT2D eigenvalue weighted by molar-refractivity contribution is 0.102. The van der Waals surface area contributed by atoms with Crippen LogP contribution in [0.3, 0.4) is 0 Å². The largest absolute Gasteiger partial charge is 0.370 e. The minimum atomic E-state index is -0.312. The molecule has 134 valence electrons. The second-order valence-electron chi connectivity index (χ2n) is 6.26. The maximum atomic E-state index is 12.5. The molecule has 2 N–H and O–H groups in total. The molecule has 0 fully saturated rings. The third kappa shape index (κ3) is 5.69. The first-order valence-electron chi connectivity index (χ1n) is 8.15. The molecule has 0 aliphatic carbocycles. The number of halogens is 1. The lowest BCUT2D eigenvalue weighted by atomic mass is 10.1. The van der Waals surface area contributed by atoms with Crippen LogP contribution in [-0.4, -0.2) is 48.0 Å². The topological polar surface area (TPSA) is 70.2 Å². The second-order valence-corrected chi connectivity index (χ2v) is 6.67. The van der Waals surface area contributed by atoms with Gasteiger partial charge in [0.1, 0.15) is 17.8 Å². The zero-order valence-corrected chi connectivity index (χ0v) is 15.8. The summed E-state index contributed by atoms with van der Waals surface area (Å²) in [6.07, 6.45) is 2.36. The van der Waals surface area contributed by atoms with Crippen LogP contribution in [0.1, 0.15) is 28.0 Å². The highest BCUT2D eigenvalue weighted by Crippen LogP contribution is 2.27. The van der Waals surface area contributed by atoms with E-state index in [9.17, 15) is 4.79 Å². The van der Waals surface area contributed by atoms with Crippen LogP contribution >= 0.6 is 11.6 Å². The number of anilines is 2. The Kier molecular flexibility index (Phi) is 6.73. The van der Waals surface area contributed by atoms with E-state index in [4.69, 9.17) is 11.6 Å². The average molecular weight is 362 g/mol. The van der Waals surface area contributed by atoms with E-state index in [1.807, 2.05) is 40.1 Å². The van der Waals surface area contributed by atoms with E-state index in [0.717, 1.165) is 30.6 Å². The summed E-state index contributed by atoms with van der Waals surface area (Å²) in [5.74, 6) is 0.318. The van der Waals surface area contributed by atoms with Gasteiger partial charge >= 0.3 is 0 Å². The molecule has 2 rings (SSSR count). The highest BCUT2D eigenvalue weighted by Gasteiger charge is 2.13. The summed E-state index contributed by atoms with van der Waals surface area (Å²) in [7, 11) is 4.07. The molecule has 0 radical (unpaired) electrons. The van der Waals surface area contributed by atoms with Crippen molar-refractivity contribution in [1.29, 1.82) is 0 Å². The monoisotopic (exact) mass is 361 g/mol. The third-order valence-corrected chi connectivity index (χ3v) is 3.96. The predicted molar refractivity (Wildman–Crippen MR) is 103 cm³/mol. The summed E-state index contributed by atoms with van der Waals surface area (Å²) in [4.78, 5) is 22.8. The van der Waals surface area contributed by atoms with Crippen molar-refractivity contribution < 1.29 is 4.79 Å². The number of amides is 1.